The first-order chi connectivity index (χ1) is 14.6. The van der Waals surface area contributed by atoms with Crippen LogP contribution in [0.5, 0.6) is 0 Å². The van der Waals surface area contributed by atoms with Gasteiger partial charge in [0, 0.05) is 13.0 Å². The van der Waals surface area contributed by atoms with Gasteiger partial charge in [-0.1, -0.05) is 68.7 Å². The largest absolute Gasteiger partial charge is 0.349 e. The van der Waals surface area contributed by atoms with Gasteiger partial charge in [0.25, 0.3) is 11.8 Å². The molecule has 0 bridgehead atoms. The summed E-state index contributed by atoms with van der Waals surface area (Å²) >= 11 is 0. The van der Waals surface area contributed by atoms with Crippen LogP contribution in [0.25, 0.3) is 0 Å². The molecule has 5 heteroatoms. The van der Waals surface area contributed by atoms with Crippen molar-refractivity contribution in [3.8, 4) is 0 Å². The molecule has 0 aliphatic carbocycles. The van der Waals surface area contributed by atoms with Gasteiger partial charge in [-0.15, -0.1) is 0 Å². The topological polar surface area (TPSA) is 66.5 Å². The summed E-state index contributed by atoms with van der Waals surface area (Å²) < 4.78 is 0. The van der Waals surface area contributed by atoms with Crippen molar-refractivity contribution >= 4 is 17.7 Å². The van der Waals surface area contributed by atoms with Gasteiger partial charge in [0.15, 0.2) is 0 Å². The lowest BCUT2D eigenvalue weighted by Gasteiger charge is -2.19. The number of carbonyl (C=O) groups is 3. The van der Waals surface area contributed by atoms with Crippen molar-refractivity contribution in [1.82, 2.24) is 10.2 Å². The fourth-order valence-electron chi connectivity index (χ4n) is 3.86. The summed E-state index contributed by atoms with van der Waals surface area (Å²) in [5.41, 5.74) is 2.12. The molecular weight excluding hydrogens is 376 g/mol. The first kappa shape index (κ1) is 21.8. The van der Waals surface area contributed by atoms with E-state index in [2.05, 4.69) is 24.4 Å². The van der Waals surface area contributed by atoms with Gasteiger partial charge in [0.1, 0.15) is 0 Å². The fraction of sp³-hybridized carbons (Fsp3) is 0.400. The van der Waals surface area contributed by atoms with Crippen LogP contribution < -0.4 is 5.32 Å². The van der Waals surface area contributed by atoms with Crippen molar-refractivity contribution in [2.45, 2.75) is 57.9 Å². The second-order valence-corrected chi connectivity index (χ2v) is 7.79. The summed E-state index contributed by atoms with van der Waals surface area (Å²) in [5, 5.41) is 3.17. The third-order valence-corrected chi connectivity index (χ3v) is 5.55. The molecule has 1 heterocycles. The highest BCUT2D eigenvalue weighted by Crippen LogP contribution is 2.23. The van der Waals surface area contributed by atoms with Gasteiger partial charge < -0.3 is 5.32 Å². The van der Waals surface area contributed by atoms with Gasteiger partial charge in [0.2, 0.25) is 5.91 Å². The summed E-state index contributed by atoms with van der Waals surface area (Å²) in [6, 6.07) is 17.1. The zero-order valence-corrected chi connectivity index (χ0v) is 17.6. The molecule has 1 aliphatic heterocycles. The number of fused-ring (bicyclic) bond motifs is 1. The molecule has 1 N–H and O–H groups in total. The third-order valence-electron chi connectivity index (χ3n) is 5.55. The maximum atomic E-state index is 12.4. The molecular formula is C25H30N2O3. The average Bonchev–Trinajstić information content (AvgIpc) is 3.02. The molecule has 0 radical (unpaired) electrons. The lowest BCUT2D eigenvalue weighted by atomic mass is 10.0. The van der Waals surface area contributed by atoms with Crippen LogP contribution in [0.15, 0.2) is 54.6 Å². The second kappa shape index (κ2) is 10.7. The predicted octanol–water partition coefficient (Wildman–Crippen LogP) is 4.89. The first-order valence-electron chi connectivity index (χ1n) is 10.9. The number of amides is 3. The molecule has 1 aliphatic rings. The van der Waals surface area contributed by atoms with E-state index in [0.29, 0.717) is 30.5 Å². The third kappa shape index (κ3) is 5.35. The Morgan fingerprint density at radius 3 is 2.13 bits per heavy atom. The molecule has 158 valence electrons. The van der Waals surface area contributed by atoms with Crippen molar-refractivity contribution in [1.29, 1.82) is 0 Å². The minimum atomic E-state index is -0.213. The van der Waals surface area contributed by atoms with Crippen molar-refractivity contribution < 1.29 is 14.4 Å². The molecule has 0 saturated carbocycles. The van der Waals surface area contributed by atoms with Gasteiger partial charge in [-0.25, -0.2) is 0 Å². The van der Waals surface area contributed by atoms with E-state index in [0.717, 1.165) is 37.7 Å². The number of benzene rings is 2. The van der Waals surface area contributed by atoms with Crippen LogP contribution in [0.2, 0.25) is 0 Å². The summed E-state index contributed by atoms with van der Waals surface area (Å²) in [6.45, 7) is 2.55. The van der Waals surface area contributed by atoms with E-state index >= 15 is 0 Å². The molecule has 3 amide bonds. The Morgan fingerprint density at radius 2 is 1.50 bits per heavy atom. The van der Waals surface area contributed by atoms with Gasteiger partial charge in [-0.3, -0.25) is 19.3 Å². The van der Waals surface area contributed by atoms with Crippen LogP contribution in [0.4, 0.5) is 0 Å². The van der Waals surface area contributed by atoms with Crippen LogP contribution in [-0.2, 0) is 4.79 Å². The molecule has 2 aromatic carbocycles. The summed E-state index contributed by atoms with van der Waals surface area (Å²) in [7, 11) is 0. The summed E-state index contributed by atoms with van der Waals surface area (Å²) in [5.74, 6) is -0.370. The van der Waals surface area contributed by atoms with Gasteiger partial charge in [-0.2, -0.15) is 0 Å². The summed E-state index contributed by atoms with van der Waals surface area (Å²) in [4.78, 5) is 38.5. The van der Waals surface area contributed by atoms with E-state index in [1.807, 2.05) is 18.2 Å². The standard InChI is InChI=1S/C25H30N2O3/c1-2-3-16-22(19-12-6-4-7-13-19)26-23(28)17-8-5-11-18-27-24(29)20-14-9-10-15-21(20)25(27)30/h4,6-7,9-10,12-15,22H,2-3,5,8,11,16-18H2,1H3,(H,26,28). The molecule has 5 nitrogen and oxygen atoms in total. The molecule has 0 aromatic heterocycles. The molecule has 0 spiro atoms. The lowest BCUT2D eigenvalue weighted by Crippen LogP contribution is -2.30. The summed E-state index contributed by atoms with van der Waals surface area (Å²) in [6.07, 6.45) is 5.80. The Balaban J connectivity index is 1.40. The minimum Gasteiger partial charge on any atom is -0.349 e. The van der Waals surface area contributed by atoms with E-state index in [1.54, 1.807) is 24.3 Å². The number of rotatable bonds is 11. The number of carbonyl (C=O) groups excluding carboxylic acids is 3. The minimum absolute atomic E-state index is 0.0528. The normalized spacial score (nSPS) is 14.0. The van der Waals surface area contributed by atoms with Crippen LogP contribution >= 0.6 is 0 Å². The van der Waals surface area contributed by atoms with Crippen LogP contribution in [0.3, 0.4) is 0 Å². The monoisotopic (exact) mass is 406 g/mol. The molecule has 0 fully saturated rings. The highest BCUT2D eigenvalue weighted by atomic mass is 16.2. The van der Waals surface area contributed by atoms with E-state index < -0.39 is 0 Å². The van der Waals surface area contributed by atoms with E-state index in [4.69, 9.17) is 0 Å². The Morgan fingerprint density at radius 1 is 0.867 bits per heavy atom. The maximum absolute atomic E-state index is 12.4. The number of nitrogens with one attached hydrogen (secondary N) is 1. The Hall–Kier alpha value is -2.95. The highest BCUT2D eigenvalue weighted by Gasteiger charge is 2.34. The molecule has 1 unspecified atom stereocenters. The molecule has 3 rings (SSSR count). The Labute approximate surface area is 178 Å². The zero-order chi connectivity index (χ0) is 21.3. The Bertz CT molecular complexity index is 844. The number of unbranched alkanes of at least 4 members (excludes halogenated alkanes) is 3. The molecule has 2 aromatic rings. The maximum Gasteiger partial charge on any atom is 0.261 e. The van der Waals surface area contributed by atoms with Crippen molar-refractivity contribution in [2.75, 3.05) is 6.54 Å². The SMILES string of the molecule is CCCCC(NC(=O)CCCCCN1C(=O)c2ccccc2C1=O)c1ccccc1. The van der Waals surface area contributed by atoms with Crippen molar-refractivity contribution in [3.05, 3.63) is 71.3 Å². The molecule has 0 saturated heterocycles. The van der Waals surface area contributed by atoms with Gasteiger partial charge in [-0.05, 0) is 37.0 Å². The van der Waals surface area contributed by atoms with E-state index in [-0.39, 0.29) is 23.8 Å². The van der Waals surface area contributed by atoms with E-state index in [1.165, 1.54) is 4.90 Å². The predicted molar refractivity (Wildman–Crippen MR) is 117 cm³/mol. The van der Waals surface area contributed by atoms with E-state index in [9.17, 15) is 14.4 Å². The van der Waals surface area contributed by atoms with Crippen molar-refractivity contribution in [2.24, 2.45) is 0 Å². The molecule has 1 atom stereocenters. The number of hydrogen-bond acceptors (Lipinski definition) is 3. The van der Waals surface area contributed by atoms with Crippen LogP contribution in [-0.4, -0.2) is 29.2 Å². The number of nitrogens with zero attached hydrogens (tertiary/aromatic N) is 1. The first-order valence-corrected chi connectivity index (χ1v) is 10.9. The second-order valence-electron chi connectivity index (χ2n) is 7.79. The zero-order valence-electron chi connectivity index (χ0n) is 17.6. The average molecular weight is 407 g/mol. The van der Waals surface area contributed by atoms with Gasteiger partial charge in [0.05, 0.1) is 17.2 Å². The lowest BCUT2D eigenvalue weighted by molar-refractivity contribution is -0.122. The number of imide groups is 1. The fourth-order valence-corrected chi connectivity index (χ4v) is 3.86. The van der Waals surface area contributed by atoms with Crippen LogP contribution in [0, 0.1) is 0 Å². The smallest absolute Gasteiger partial charge is 0.261 e. The van der Waals surface area contributed by atoms with Crippen molar-refractivity contribution in [3.63, 3.8) is 0 Å². The van der Waals surface area contributed by atoms with Gasteiger partial charge >= 0.3 is 0 Å². The molecule has 30 heavy (non-hydrogen) atoms. The number of hydrogen-bond donors (Lipinski definition) is 1. The van der Waals surface area contributed by atoms with Crippen LogP contribution in [0.1, 0.15) is 84.2 Å². The highest BCUT2D eigenvalue weighted by molar-refractivity contribution is 6.21. The Kier molecular flexibility index (Phi) is 7.77. The quantitative estimate of drug-likeness (QED) is 0.427.